The Bertz CT molecular complexity index is 681. The molecule has 3 amide bonds. The number of nitrogens with one attached hydrogen (secondary N) is 2. The van der Waals surface area contributed by atoms with Crippen LogP contribution in [0.5, 0.6) is 5.75 Å². The topological polar surface area (TPSA) is 93.4 Å². The third-order valence-corrected chi connectivity index (χ3v) is 3.12. The summed E-state index contributed by atoms with van der Waals surface area (Å²) in [5.41, 5.74) is 7.31. The molecule has 2 aromatic rings. The molecular weight excluding hydrogens is 294 g/mol. The molecule has 2 rings (SSSR count). The predicted molar refractivity (Wildman–Crippen MR) is 89.5 cm³/mol. The standard InChI is InChI=1S/C17H19N3O3/c1-11-3-9-15(10-4-11)23-12(2)16(21)19-13-5-7-14(8-6-13)20-17(18)22/h3-10,12H,1-2H3,(H,19,21)(H3,18,20,22). The summed E-state index contributed by atoms with van der Waals surface area (Å²) in [6, 6.07) is 13.5. The number of benzene rings is 2. The summed E-state index contributed by atoms with van der Waals surface area (Å²) >= 11 is 0. The maximum Gasteiger partial charge on any atom is 0.316 e. The lowest BCUT2D eigenvalue weighted by Crippen LogP contribution is -2.30. The van der Waals surface area contributed by atoms with Crippen LogP contribution < -0.4 is 21.1 Å². The van der Waals surface area contributed by atoms with Crippen molar-refractivity contribution >= 4 is 23.3 Å². The monoisotopic (exact) mass is 313 g/mol. The Balaban J connectivity index is 1.92. The Labute approximate surface area is 134 Å². The molecule has 0 bridgehead atoms. The molecule has 0 radical (unpaired) electrons. The summed E-state index contributed by atoms with van der Waals surface area (Å²) in [6.45, 7) is 3.66. The van der Waals surface area contributed by atoms with Gasteiger partial charge in [-0.25, -0.2) is 4.79 Å². The molecule has 0 aliphatic rings. The maximum atomic E-state index is 12.1. The zero-order valence-corrected chi connectivity index (χ0v) is 13.0. The number of carbonyl (C=O) groups is 2. The van der Waals surface area contributed by atoms with Crippen LogP contribution in [0.3, 0.4) is 0 Å². The molecular formula is C17H19N3O3. The molecule has 0 aliphatic carbocycles. The minimum Gasteiger partial charge on any atom is -0.481 e. The number of primary amides is 1. The Morgan fingerprint density at radius 1 is 0.957 bits per heavy atom. The van der Waals surface area contributed by atoms with Crippen molar-refractivity contribution in [3.63, 3.8) is 0 Å². The molecule has 2 aromatic carbocycles. The first-order valence-electron chi connectivity index (χ1n) is 7.15. The van der Waals surface area contributed by atoms with E-state index in [9.17, 15) is 9.59 Å². The van der Waals surface area contributed by atoms with Crippen LogP contribution in [-0.4, -0.2) is 18.0 Å². The van der Waals surface area contributed by atoms with Gasteiger partial charge < -0.3 is 21.1 Å². The Morgan fingerprint density at radius 2 is 1.48 bits per heavy atom. The van der Waals surface area contributed by atoms with Gasteiger partial charge in [0.1, 0.15) is 5.75 Å². The lowest BCUT2D eigenvalue weighted by molar-refractivity contribution is -0.122. The summed E-state index contributed by atoms with van der Waals surface area (Å²) in [5.74, 6) is 0.375. The van der Waals surface area contributed by atoms with Crippen molar-refractivity contribution in [1.82, 2.24) is 0 Å². The van der Waals surface area contributed by atoms with Crippen molar-refractivity contribution in [2.75, 3.05) is 10.6 Å². The van der Waals surface area contributed by atoms with Crippen LogP contribution >= 0.6 is 0 Å². The van der Waals surface area contributed by atoms with Crippen molar-refractivity contribution < 1.29 is 14.3 Å². The number of carbonyl (C=O) groups excluding carboxylic acids is 2. The first kappa shape index (κ1) is 16.4. The zero-order valence-electron chi connectivity index (χ0n) is 13.0. The first-order chi connectivity index (χ1) is 10.9. The van der Waals surface area contributed by atoms with Crippen molar-refractivity contribution in [2.24, 2.45) is 5.73 Å². The lowest BCUT2D eigenvalue weighted by Gasteiger charge is -2.15. The second kappa shape index (κ2) is 7.31. The van der Waals surface area contributed by atoms with Crippen LogP contribution in [-0.2, 0) is 4.79 Å². The minimum absolute atomic E-state index is 0.263. The van der Waals surface area contributed by atoms with Crippen LogP contribution in [0.4, 0.5) is 16.2 Å². The number of ether oxygens (including phenoxy) is 1. The fourth-order valence-electron chi connectivity index (χ4n) is 1.90. The van der Waals surface area contributed by atoms with Crippen LogP contribution in [0.15, 0.2) is 48.5 Å². The molecule has 0 saturated carbocycles. The number of nitrogens with two attached hydrogens (primary N) is 1. The SMILES string of the molecule is Cc1ccc(OC(C)C(=O)Nc2ccc(NC(N)=O)cc2)cc1. The van der Waals surface area contributed by atoms with Gasteiger partial charge >= 0.3 is 6.03 Å². The van der Waals surface area contributed by atoms with E-state index in [1.807, 2.05) is 31.2 Å². The normalized spacial score (nSPS) is 11.4. The van der Waals surface area contributed by atoms with Gasteiger partial charge in [0.2, 0.25) is 0 Å². The van der Waals surface area contributed by atoms with Crippen LogP contribution in [0.1, 0.15) is 12.5 Å². The van der Waals surface area contributed by atoms with E-state index in [0.29, 0.717) is 17.1 Å². The van der Waals surface area contributed by atoms with Crippen molar-refractivity contribution in [1.29, 1.82) is 0 Å². The van der Waals surface area contributed by atoms with E-state index < -0.39 is 12.1 Å². The predicted octanol–water partition coefficient (Wildman–Crippen LogP) is 2.89. The molecule has 23 heavy (non-hydrogen) atoms. The molecule has 0 spiro atoms. The third kappa shape index (κ3) is 5.03. The average Bonchev–Trinajstić information content (AvgIpc) is 2.51. The van der Waals surface area contributed by atoms with E-state index in [2.05, 4.69) is 10.6 Å². The Morgan fingerprint density at radius 3 is 2.00 bits per heavy atom. The molecule has 120 valence electrons. The molecule has 6 nitrogen and oxygen atoms in total. The largest absolute Gasteiger partial charge is 0.481 e. The highest BCUT2D eigenvalue weighted by Gasteiger charge is 2.14. The number of aryl methyl sites for hydroxylation is 1. The number of amides is 3. The van der Waals surface area contributed by atoms with Gasteiger partial charge in [0.15, 0.2) is 6.10 Å². The van der Waals surface area contributed by atoms with Gasteiger partial charge in [-0.3, -0.25) is 4.79 Å². The molecule has 0 saturated heterocycles. The van der Waals surface area contributed by atoms with Gasteiger partial charge in [-0.1, -0.05) is 17.7 Å². The average molecular weight is 313 g/mol. The van der Waals surface area contributed by atoms with E-state index in [0.717, 1.165) is 5.56 Å². The van der Waals surface area contributed by atoms with Gasteiger partial charge in [-0.2, -0.15) is 0 Å². The fourth-order valence-corrected chi connectivity index (χ4v) is 1.90. The number of hydrogen-bond donors (Lipinski definition) is 3. The second-order valence-corrected chi connectivity index (χ2v) is 5.13. The summed E-state index contributed by atoms with van der Waals surface area (Å²) in [7, 11) is 0. The van der Waals surface area contributed by atoms with Crippen LogP contribution in [0.2, 0.25) is 0 Å². The van der Waals surface area contributed by atoms with E-state index in [1.165, 1.54) is 0 Å². The van der Waals surface area contributed by atoms with Crippen molar-refractivity contribution in [3.05, 3.63) is 54.1 Å². The highest BCUT2D eigenvalue weighted by atomic mass is 16.5. The van der Waals surface area contributed by atoms with Crippen LogP contribution in [0, 0.1) is 6.92 Å². The van der Waals surface area contributed by atoms with Gasteiger partial charge in [0.25, 0.3) is 5.91 Å². The molecule has 0 heterocycles. The summed E-state index contributed by atoms with van der Waals surface area (Å²) in [6.07, 6.45) is -0.638. The summed E-state index contributed by atoms with van der Waals surface area (Å²) in [4.78, 5) is 22.9. The van der Waals surface area contributed by atoms with Crippen molar-refractivity contribution in [3.8, 4) is 5.75 Å². The number of urea groups is 1. The first-order valence-corrected chi connectivity index (χ1v) is 7.15. The third-order valence-electron chi connectivity index (χ3n) is 3.12. The van der Waals surface area contributed by atoms with E-state index in [1.54, 1.807) is 31.2 Å². The lowest BCUT2D eigenvalue weighted by atomic mass is 10.2. The van der Waals surface area contributed by atoms with E-state index >= 15 is 0 Å². The maximum absolute atomic E-state index is 12.1. The molecule has 0 aromatic heterocycles. The molecule has 4 N–H and O–H groups in total. The van der Waals surface area contributed by atoms with Gasteiger partial charge in [-0.15, -0.1) is 0 Å². The van der Waals surface area contributed by atoms with E-state index in [4.69, 9.17) is 10.5 Å². The Hall–Kier alpha value is -3.02. The molecule has 0 aliphatic heterocycles. The quantitative estimate of drug-likeness (QED) is 0.792. The molecule has 1 atom stereocenters. The number of hydrogen-bond acceptors (Lipinski definition) is 3. The van der Waals surface area contributed by atoms with E-state index in [-0.39, 0.29) is 5.91 Å². The molecule has 1 unspecified atom stereocenters. The number of anilines is 2. The highest BCUT2D eigenvalue weighted by molar-refractivity contribution is 5.94. The molecule has 0 fully saturated rings. The van der Waals surface area contributed by atoms with Crippen molar-refractivity contribution in [2.45, 2.75) is 20.0 Å². The van der Waals surface area contributed by atoms with Gasteiger partial charge in [-0.05, 0) is 50.2 Å². The van der Waals surface area contributed by atoms with Gasteiger partial charge in [0, 0.05) is 11.4 Å². The smallest absolute Gasteiger partial charge is 0.316 e. The van der Waals surface area contributed by atoms with Gasteiger partial charge in [0.05, 0.1) is 0 Å². The summed E-state index contributed by atoms with van der Waals surface area (Å²) in [5, 5.41) is 5.19. The zero-order chi connectivity index (χ0) is 16.8. The summed E-state index contributed by atoms with van der Waals surface area (Å²) < 4.78 is 5.59. The minimum atomic E-state index is -0.638. The highest BCUT2D eigenvalue weighted by Crippen LogP contribution is 2.16. The van der Waals surface area contributed by atoms with Crippen LogP contribution in [0.25, 0.3) is 0 Å². The Kier molecular flexibility index (Phi) is 5.19. The number of rotatable bonds is 5. The molecule has 6 heteroatoms. The fraction of sp³-hybridized carbons (Fsp3) is 0.176. The second-order valence-electron chi connectivity index (χ2n) is 5.13.